The molecule has 3 aromatic rings. The minimum atomic E-state index is -0.414. The molecule has 0 saturated carbocycles. The van der Waals surface area contributed by atoms with Gasteiger partial charge in [-0.15, -0.1) is 0 Å². The lowest BCUT2D eigenvalue weighted by atomic mass is 9.95. The van der Waals surface area contributed by atoms with E-state index in [1.54, 1.807) is 0 Å². The molecule has 0 aliphatic rings. The van der Waals surface area contributed by atoms with E-state index in [1.165, 1.54) is 0 Å². The number of nitrogens with one attached hydrogen (secondary N) is 1. The Morgan fingerprint density at radius 3 is 2.45 bits per heavy atom. The van der Waals surface area contributed by atoms with E-state index < -0.39 is 5.41 Å². The van der Waals surface area contributed by atoms with Gasteiger partial charge in [0.05, 0.1) is 0 Å². The Balaban J connectivity index is 2.03. The summed E-state index contributed by atoms with van der Waals surface area (Å²) >= 11 is 0. The van der Waals surface area contributed by atoms with Crippen molar-refractivity contribution < 1.29 is 9.21 Å². The monoisotopic (exact) mass is 267 g/mol. The molecule has 20 heavy (non-hydrogen) atoms. The zero-order valence-corrected chi connectivity index (χ0v) is 11.9. The average molecular weight is 267 g/mol. The van der Waals surface area contributed by atoms with Gasteiger partial charge in [-0.1, -0.05) is 39.0 Å². The van der Waals surface area contributed by atoms with Crippen LogP contribution in [0.5, 0.6) is 0 Å². The molecule has 0 atom stereocenters. The summed E-state index contributed by atoms with van der Waals surface area (Å²) in [7, 11) is 0. The first kappa shape index (κ1) is 12.7. The number of carbonyl (C=O) groups is 1. The van der Waals surface area contributed by atoms with Crippen LogP contribution in [0.25, 0.3) is 21.9 Å². The Morgan fingerprint density at radius 2 is 1.70 bits per heavy atom. The highest BCUT2D eigenvalue weighted by Gasteiger charge is 2.21. The van der Waals surface area contributed by atoms with Crippen LogP contribution in [0.4, 0.5) is 5.69 Å². The summed E-state index contributed by atoms with van der Waals surface area (Å²) < 4.78 is 5.81. The summed E-state index contributed by atoms with van der Waals surface area (Å²) in [6, 6.07) is 13.7. The highest BCUT2D eigenvalue weighted by atomic mass is 16.3. The Hall–Kier alpha value is -2.29. The van der Waals surface area contributed by atoms with E-state index in [2.05, 4.69) is 5.32 Å². The van der Waals surface area contributed by atoms with Crippen molar-refractivity contribution >= 4 is 33.5 Å². The Bertz CT molecular complexity index is 793. The maximum Gasteiger partial charge on any atom is 0.229 e. The molecule has 1 heterocycles. The van der Waals surface area contributed by atoms with Crippen molar-refractivity contribution in [1.82, 2.24) is 0 Å². The molecule has 0 bridgehead atoms. The van der Waals surface area contributed by atoms with Gasteiger partial charge < -0.3 is 9.73 Å². The SMILES string of the molecule is CC(C)(C)C(=O)Nc1ccc2c(c1)oc1ccccc12. The summed E-state index contributed by atoms with van der Waals surface area (Å²) in [5.41, 5.74) is 2.00. The molecular formula is C17H17NO2. The van der Waals surface area contributed by atoms with Crippen molar-refractivity contribution in [2.45, 2.75) is 20.8 Å². The van der Waals surface area contributed by atoms with E-state index in [9.17, 15) is 4.79 Å². The summed E-state index contributed by atoms with van der Waals surface area (Å²) in [5, 5.41) is 5.08. The number of benzene rings is 2. The molecule has 0 saturated heterocycles. The second-order valence-corrected chi connectivity index (χ2v) is 6.01. The van der Waals surface area contributed by atoms with Crippen LogP contribution < -0.4 is 5.32 Å². The number of anilines is 1. The fraction of sp³-hybridized carbons (Fsp3) is 0.235. The normalized spacial score (nSPS) is 11.9. The molecule has 2 aromatic carbocycles. The number of hydrogen-bond donors (Lipinski definition) is 1. The van der Waals surface area contributed by atoms with Gasteiger partial charge in [0.15, 0.2) is 0 Å². The number of para-hydroxylation sites is 1. The maximum absolute atomic E-state index is 12.0. The summed E-state index contributed by atoms with van der Waals surface area (Å²) in [6.45, 7) is 5.67. The smallest absolute Gasteiger partial charge is 0.229 e. The van der Waals surface area contributed by atoms with Gasteiger partial charge in [-0.25, -0.2) is 0 Å². The first-order valence-electron chi connectivity index (χ1n) is 6.68. The summed E-state index contributed by atoms with van der Waals surface area (Å²) in [4.78, 5) is 12.0. The van der Waals surface area contributed by atoms with Gasteiger partial charge in [-0.2, -0.15) is 0 Å². The maximum atomic E-state index is 12.0. The third kappa shape index (κ3) is 2.16. The molecule has 3 rings (SSSR count). The van der Waals surface area contributed by atoms with E-state index >= 15 is 0 Å². The van der Waals surface area contributed by atoms with Gasteiger partial charge >= 0.3 is 0 Å². The lowest BCUT2D eigenvalue weighted by Crippen LogP contribution is -2.27. The second kappa shape index (κ2) is 4.37. The Morgan fingerprint density at radius 1 is 1.00 bits per heavy atom. The Labute approximate surface area is 117 Å². The highest BCUT2D eigenvalue weighted by Crippen LogP contribution is 2.30. The van der Waals surface area contributed by atoms with Crippen LogP contribution in [0.3, 0.4) is 0 Å². The van der Waals surface area contributed by atoms with Gasteiger partial charge in [0.1, 0.15) is 11.2 Å². The minimum Gasteiger partial charge on any atom is -0.456 e. The predicted octanol–water partition coefficient (Wildman–Crippen LogP) is 4.57. The Kier molecular flexibility index (Phi) is 2.78. The lowest BCUT2D eigenvalue weighted by molar-refractivity contribution is -0.123. The third-order valence-electron chi connectivity index (χ3n) is 3.32. The average Bonchev–Trinajstić information content (AvgIpc) is 2.75. The first-order chi connectivity index (χ1) is 9.45. The van der Waals surface area contributed by atoms with Gasteiger partial charge in [0, 0.05) is 27.9 Å². The van der Waals surface area contributed by atoms with Crippen molar-refractivity contribution in [2.24, 2.45) is 5.41 Å². The van der Waals surface area contributed by atoms with Crippen LogP contribution in [0.1, 0.15) is 20.8 Å². The molecule has 102 valence electrons. The molecule has 0 aliphatic carbocycles. The number of amides is 1. The molecule has 3 heteroatoms. The molecule has 1 N–H and O–H groups in total. The van der Waals surface area contributed by atoms with Crippen LogP contribution >= 0.6 is 0 Å². The van der Waals surface area contributed by atoms with E-state index in [1.807, 2.05) is 63.2 Å². The first-order valence-corrected chi connectivity index (χ1v) is 6.68. The second-order valence-electron chi connectivity index (χ2n) is 6.01. The quantitative estimate of drug-likeness (QED) is 0.701. The largest absolute Gasteiger partial charge is 0.456 e. The van der Waals surface area contributed by atoms with Gasteiger partial charge in [0.25, 0.3) is 0 Å². The molecule has 3 nitrogen and oxygen atoms in total. The predicted molar refractivity (Wildman–Crippen MR) is 81.8 cm³/mol. The van der Waals surface area contributed by atoms with E-state index in [0.29, 0.717) is 0 Å². The lowest BCUT2D eigenvalue weighted by Gasteiger charge is -2.17. The molecular weight excluding hydrogens is 250 g/mol. The van der Waals surface area contributed by atoms with E-state index in [4.69, 9.17) is 4.42 Å². The van der Waals surface area contributed by atoms with Crippen molar-refractivity contribution in [3.05, 3.63) is 42.5 Å². The highest BCUT2D eigenvalue weighted by molar-refractivity contribution is 6.06. The van der Waals surface area contributed by atoms with Crippen LogP contribution in [0.2, 0.25) is 0 Å². The zero-order chi connectivity index (χ0) is 14.3. The van der Waals surface area contributed by atoms with Crippen LogP contribution in [-0.4, -0.2) is 5.91 Å². The fourth-order valence-electron chi connectivity index (χ4n) is 2.12. The van der Waals surface area contributed by atoms with Crippen molar-refractivity contribution in [1.29, 1.82) is 0 Å². The van der Waals surface area contributed by atoms with Crippen LogP contribution in [-0.2, 0) is 4.79 Å². The van der Waals surface area contributed by atoms with E-state index in [-0.39, 0.29) is 5.91 Å². The third-order valence-corrected chi connectivity index (χ3v) is 3.32. The molecule has 1 aromatic heterocycles. The van der Waals surface area contributed by atoms with E-state index in [0.717, 1.165) is 27.6 Å². The van der Waals surface area contributed by atoms with Crippen molar-refractivity contribution in [2.75, 3.05) is 5.32 Å². The molecule has 0 unspecified atom stereocenters. The van der Waals surface area contributed by atoms with Gasteiger partial charge in [0.2, 0.25) is 5.91 Å². The van der Waals surface area contributed by atoms with Crippen molar-refractivity contribution in [3.8, 4) is 0 Å². The molecule has 0 radical (unpaired) electrons. The number of fused-ring (bicyclic) bond motifs is 3. The molecule has 0 fully saturated rings. The number of hydrogen-bond acceptors (Lipinski definition) is 2. The van der Waals surface area contributed by atoms with Crippen molar-refractivity contribution in [3.63, 3.8) is 0 Å². The molecule has 0 aliphatic heterocycles. The standard InChI is InChI=1S/C17H17NO2/c1-17(2,3)16(19)18-11-8-9-13-12-6-4-5-7-14(12)20-15(13)10-11/h4-10H,1-3H3,(H,18,19). The zero-order valence-electron chi connectivity index (χ0n) is 11.9. The minimum absolute atomic E-state index is 0.00652. The van der Waals surface area contributed by atoms with Gasteiger partial charge in [-0.05, 0) is 18.2 Å². The number of furan rings is 1. The summed E-state index contributed by atoms with van der Waals surface area (Å²) in [5.74, 6) is -0.00652. The fourth-order valence-corrected chi connectivity index (χ4v) is 2.12. The molecule has 0 spiro atoms. The molecule has 1 amide bonds. The summed E-state index contributed by atoms with van der Waals surface area (Å²) in [6.07, 6.45) is 0. The van der Waals surface area contributed by atoms with Gasteiger partial charge in [-0.3, -0.25) is 4.79 Å². The number of rotatable bonds is 1. The van der Waals surface area contributed by atoms with Crippen LogP contribution in [0, 0.1) is 5.41 Å². The topological polar surface area (TPSA) is 42.2 Å². The van der Waals surface area contributed by atoms with Crippen LogP contribution in [0.15, 0.2) is 46.9 Å². The number of carbonyl (C=O) groups excluding carboxylic acids is 1.